The molecule has 2 heterocycles. The molecule has 0 saturated carbocycles. The van der Waals surface area contributed by atoms with Crippen molar-refractivity contribution in [2.45, 2.75) is 13.0 Å². The Labute approximate surface area is 148 Å². The smallest absolute Gasteiger partial charge is 0.251 e. The summed E-state index contributed by atoms with van der Waals surface area (Å²) in [6, 6.07) is 10.2. The molecule has 2 aromatic rings. The standard InChI is InChI=1S/C19H25N3OS/c1-15-4-3-5-16(12-15)19(23)20-13-18(17-6-11-24-14-17)22-9-7-21(2)8-10-22/h3-6,11-12,14,18H,7-10,13H2,1-2H3,(H,20,23)/t18-/m1/s1. The highest BCUT2D eigenvalue weighted by Crippen LogP contribution is 2.23. The molecule has 0 aliphatic carbocycles. The molecule has 1 aliphatic rings. The van der Waals surface area contributed by atoms with E-state index in [1.807, 2.05) is 31.2 Å². The van der Waals surface area contributed by atoms with Crippen LogP contribution in [0.4, 0.5) is 0 Å². The average Bonchev–Trinajstić information content (AvgIpc) is 3.11. The van der Waals surface area contributed by atoms with Crippen molar-refractivity contribution < 1.29 is 4.79 Å². The molecule has 0 radical (unpaired) electrons. The number of amides is 1. The van der Waals surface area contributed by atoms with Gasteiger partial charge in [0.05, 0.1) is 6.04 Å². The number of carbonyl (C=O) groups excluding carboxylic acids is 1. The van der Waals surface area contributed by atoms with E-state index in [0.717, 1.165) is 37.3 Å². The van der Waals surface area contributed by atoms with Crippen LogP contribution in [0.3, 0.4) is 0 Å². The first-order valence-corrected chi connectivity index (χ1v) is 9.37. The Kier molecular flexibility index (Phi) is 5.66. The van der Waals surface area contributed by atoms with Crippen molar-refractivity contribution in [3.63, 3.8) is 0 Å². The van der Waals surface area contributed by atoms with Crippen LogP contribution >= 0.6 is 11.3 Å². The van der Waals surface area contributed by atoms with Crippen molar-refractivity contribution in [2.24, 2.45) is 0 Å². The number of thiophene rings is 1. The zero-order chi connectivity index (χ0) is 16.9. The Bertz CT molecular complexity index is 663. The van der Waals surface area contributed by atoms with Gasteiger partial charge in [0.15, 0.2) is 0 Å². The van der Waals surface area contributed by atoms with Gasteiger partial charge in [0.2, 0.25) is 0 Å². The van der Waals surface area contributed by atoms with E-state index in [4.69, 9.17) is 0 Å². The molecule has 0 bridgehead atoms. The van der Waals surface area contributed by atoms with Gasteiger partial charge in [0, 0.05) is 38.3 Å². The maximum atomic E-state index is 12.5. The molecule has 1 aromatic heterocycles. The topological polar surface area (TPSA) is 35.6 Å². The number of aryl methyl sites for hydroxylation is 1. The molecule has 5 heteroatoms. The van der Waals surface area contributed by atoms with Gasteiger partial charge in [-0.1, -0.05) is 17.7 Å². The van der Waals surface area contributed by atoms with Crippen molar-refractivity contribution >= 4 is 17.2 Å². The predicted octanol–water partition coefficient (Wildman–Crippen LogP) is 2.78. The zero-order valence-electron chi connectivity index (χ0n) is 14.4. The molecule has 128 valence electrons. The molecule has 24 heavy (non-hydrogen) atoms. The van der Waals surface area contributed by atoms with E-state index in [-0.39, 0.29) is 11.9 Å². The van der Waals surface area contributed by atoms with Crippen molar-refractivity contribution in [3.8, 4) is 0 Å². The summed E-state index contributed by atoms with van der Waals surface area (Å²) in [7, 11) is 2.16. The molecule has 1 fully saturated rings. The van der Waals surface area contributed by atoms with Crippen molar-refractivity contribution in [2.75, 3.05) is 39.8 Å². The van der Waals surface area contributed by atoms with Crippen LogP contribution < -0.4 is 5.32 Å². The van der Waals surface area contributed by atoms with Gasteiger partial charge >= 0.3 is 0 Å². The van der Waals surface area contributed by atoms with Crippen LogP contribution in [-0.2, 0) is 0 Å². The molecule has 0 unspecified atom stereocenters. The maximum Gasteiger partial charge on any atom is 0.251 e. The monoisotopic (exact) mass is 343 g/mol. The Morgan fingerprint density at radius 1 is 1.25 bits per heavy atom. The molecule has 1 atom stereocenters. The molecule has 3 rings (SSSR count). The van der Waals surface area contributed by atoms with E-state index in [1.54, 1.807) is 11.3 Å². The van der Waals surface area contributed by atoms with Crippen LogP contribution in [0.25, 0.3) is 0 Å². The fraction of sp³-hybridized carbons (Fsp3) is 0.421. The summed E-state index contributed by atoms with van der Waals surface area (Å²) in [6.07, 6.45) is 0. The third-order valence-electron chi connectivity index (χ3n) is 4.64. The highest BCUT2D eigenvalue weighted by atomic mass is 32.1. The van der Waals surface area contributed by atoms with Gasteiger partial charge in [-0.05, 0) is 48.5 Å². The van der Waals surface area contributed by atoms with Crippen molar-refractivity contribution in [1.29, 1.82) is 0 Å². The molecular weight excluding hydrogens is 318 g/mol. The van der Waals surface area contributed by atoms with Crippen LogP contribution in [0.2, 0.25) is 0 Å². The third-order valence-corrected chi connectivity index (χ3v) is 5.34. The molecule has 0 spiro atoms. The number of hydrogen-bond acceptors (Lipinski definition) is 4. The van der Waals surface area contributed by atoms with E-state index >= 15 is 0 Å². The lowest BCUT2D eigenvalue weighted by atomic mass is 10.1. The number of nitrogens with zero attached hydrogens (tertiary/aromatic N) is 2. The van der Waals surface area contributed by atoms with Crippen LogP contribution in [0.15, 0.2) is 41.1 Å². The normalized spacial score (nSPS) is 17.6. The van der Waals surface area contributed by atoms with Gasteiger partial charge < -0.3 is 10.2 Å². The third kappa shape index (κ3) is 4.23. The number of benzene rings is 1. The Morgan fingerprint density at radius 2 is 2.04 bits per heavy atom. The van der Waals surface area contributed by atoms with Gasteiger partial charge in [0.1, 0.15) is 0 Å². The van der Waals surface area contributed by atoms with E-state index in [0.29, 0.717) is 6.54 Å². The van der Waals surface area contributed by atoms with Gasteiger partial charge in [0.25, 0.3) is 5.91 Å². The fourth-order valence-electron chi connectivity index (χ4n) is 3.13. The quantitative estimate of drug-likeness (QED) is 0.907. The Hall–Kier alpha value is -1.69. The first-order valence-electron chi connectivity index (χ1n) is 8.43. The number of likely N-dealkylation sites (N-methyl/N-ethyl adjacent to an activating group) is 1. The lowest BCUT2D eigenvalue weighted by Gasteiger charge is -2.38. The lowest BCUT2D eigenvalue weighted by molar-refractivity contribution is 0.0886. The minimum absolute atomic E-state index is 0.00746. The minimum atomic E-state index is 0.00746. The first-order chi connectivity index (χ1) is 11.6. The highest BCUT2D eigenvalue weighted by molar-refractivity contribution is 7.07. The Morgan fingerprint density at radius 3 is 2.71 bits per heavy atom. The van der Waals surface area contributed by atoms with Crippen LogP contribution in [-0.4, -0.2) is 55.5 Å². The molecule has 1 N–H and O–H groups in total. The molecule has 1 aliphatic heterocycles. The van der Waals surface area contributed by atoms with Gasteiger partial charge in [-0.3, -0.25) is 9.69 Å². The highest BCUT2D eigenvalue weighted by Gasteiger charge is 2.24. The average molecular weight is 343 g/mol. The molecule has 1 saturated heterocycles. The summed E-state index contributed by atoms with van der Waals surface area (Å²) in [4.78, 5) is 17.3. The summed E-state index contributed by atoms with van der Waals surface area (Å²) in [6.45, 7) is 6.88. The second kappa shape index (κ2) is 7.92. The van der Waals surface area contributed by atoms with E-state index in [1.165, 1.54) is 5.56 Å². The van der Waals surface area contributed by atoms with Crippen LogP contribution in [0.1, 0.15) is 27.5 Å². The van der Waals surface area contributed by atoms with E-state index in [2.05, 4.69) is 39.0 Å². The van der Waals surface area contributed by atoms with Crippen molar-refractivity contribution in [1.82, 2.24) is 15.1 Å². The number of carbonyl (C=O) groups is 1. The van der Waals surface area contributed by atoms with Gasteiger partial charge in [-0.15, -0.1) is 0 Å². The maximum absolute atomic E-state index is 12.5. The number of nitrogens with one attached hydrogen (secondary N) is 1. The fourth-order valence-corrected chi connectivity index (χ4v) is 3.84. The number of piperazine rings is 1. The summed E-state index contributed by atoms with van der Waals surface area (Å²) in [5.74, 6) is 0.00746. The minimum Gasteiger partial charge on any atom is -0.350 e. The summed E-state index contributed by atoms with van der Waals surface area (Å²) in [5.41, 5.74) is 3.14. The van der Waals surface area contributed by atoms with Gasteiger partial charge in [-0.25, -0.2) is 0 Å². The molecule has 1 amide bonds. The number of hydrogen-bond donors (Lipinski definition) is 1. The zero-order valence-corrected chi connectivity index (χ0v) is 15.2. The van der Waals surface area contributed by atoms with Crippen LogP contribution in [0, 0.1) is 6.92 Å². The van der Waals surface area contributed by atoms with E-state index < -0.39 is 0 Å². The summed E-state index contributed by atoms with van der Waals surface area (Å²) < 4.78 is 0. The molecule has 4 nitrogen and oxygen atoms in total. The number of rotatable bonds is 5. The lowest BCUT2D eigenvalue weighted by Crippen LogP contribution is -2.48. The summed E-state index contributed by atoms with van der Waals surface area (Å²) >= 11 is 1.72. The van der Waals surface area contributed by atoms with E-state index in [9.17, 15) is 4.79 Å². The predicted molar refractivity (Wildman–Crippen MR) is 99.6 cm³/mol. The summed E-state index contributed by atoms with van der Waals surface area (Å²) in [5, 5.41) is 7.44. The van der Waals surface area contributed by atoms with Crippen molar-refractivity contribution in [3.05, 3.63) is 57.8 Å². The SMILES string of the molecule is Cc1cccc(C(=O)NC[C@H](c2ccsc2)N2CCN(C)CC2)c1. The van der Waals surface area contributed by atoms with Gasteiger partial charge in [-0.2, -0.15) is 11.3 Å². The van der Waals surface area contributed by atoms with Crippen LogP contribution in [0.5, 0.6) is 0 Å². The molecule has 1 aromatic carbocycles. The molecular formula is C19H25N3OS. The largest absolute Gasteiger partial charge is 0.350 e. The second-order valence-electron chi connectivity index (χ2n) is 6.49. The first kappa shape index (κ1) is 17.1. The second-order valence-corrected chi connectivity index (χ2v) is 7.27. The Balaban J connectivity index is 1.67.